The maximum atomic E-state index is 13.7. The molecule has 0 spiro atoms. The number of esters is 10. The standard InChI is InChI=1S/C41H58N4O26/c1-15(46)59-14-27-30(62-18(4)49)32(64-20(6)51)35(67-23(9)54)38(70-27)45-40(56)42-12-25-28(60-16(2)47)31(63-19(5)50)34(66-22(8)53)37(69-25)44-41(57)43-13-26-29(61-17(3)48)33(65-21(7)52)36(68-24(10)55)39(58-11)71-26/h25-39H,12-14H2,1-11H3,(H2,42,45,56)(H2,43,44,57)/t25-,26-,27-,28-,29-,30-,31+,32+,33+,34-,35-,36-,37-,38-,39+/m1/s1. The van der Waals surface area contributed by atoms with Gasteiger partial charge in [0.15, 0.2) is 73.7 Å². The van der Waals surface area contributed by atoms with Gasteiger partial charge in [0, 0.05) is 89.4 Å². The van der Waals surface area contributed by atoms with E-state index < -0.39 is 183 Å². The summed E-state index contributed by atoms with van der Waals surface area (Å²) in [5.74, 6) is -9.25. The second-order valence-electron chi connectivity index (χ2n) is 15.6. The number of methoxy groups -OCH3 is 1. The van der Waals surface area contributed by atoms with Crippen LogP contribution in [0, 0.1) is 0 Å². The number of hydrogen-bond donors (Lipinski definition) is 4. The Bertz CT molecular complexity index is 2000. The van der Waals surface area contributed by atoms with E-state index >= 15 is 0 Å². The summed E-state index contributed by atoms with van der Waals surface area (Å²) in [6.07, 6.45) is -24.2. The van der Waals surface area contributed by atoms with Crippen LogP contribution in [0.4, 0.5) is 9.59 Å². The summed E-state index contributed by atoms with van der Waals surface area (Å²) in [5, 5.41) is 9.56. The Morgan fingerprint density at radius 3 is 0.972 bits per heavy atom. The lowest BCUT2D eigenvalue weighted by Crippen LogP contribution is -2.69. The molecule has 0 unspecified atom stereocenters. The average Bonchev–Trinajstić information content (AvgIpc) is 3.23. The van der Waals surface area contributed by atoms with Crippen molar-refractivity contribution in [1.82, 2.24) is 21.3 Å². The van der Waals surface area contributed by atoms with Gasteiger partial charge in [0.25, 0.3) is 0 Å². The van der Waals surface area contributed by atoms with Crippen LogP contribution in [0.5, 0.6) is 0 Å². The molecule has 71 heavy (non-hydrogen) atoms. The number of nitrogens with one attached hydrogen (secondary N) is 4. The van der Waals surface area contributed by atoms with Gasteiger partial charge in [-0.15, -0.1) is 0 Å². The molecule has 3 heterocycles. The number of rotatable bonds is 18. The lowest BCUT2D eigenvalue weighted by atomic mass is 9.96. The van der Waals surface area contributed by atoms with Gasteiger partial charge in [-0.1, -0.05) is 0 Å². The second kappa shape index (κ2) is 26.9. The minimum atomic E-state index is -1.82. The summed E-state index contributed by atoms with van der Waals surface area (Å²) in [7, 11) is 1.17. The van der Waals surface area contributed by atoms with E-state index in [1.807, 2.05) is 0 Å². The van der Waals surface area contributed by atoms with Crippen LogP contribution >= 0.6 is 0 Å². The molecule has 30 nitrogen and oxygen atoms in total. The lowest BCUT2D eigenvalue weighted by Gasteiger charge is -2.45. The number of carbonyl (C=O) groups excluding carboxylic acids is 12. The molecular formula is C41H58N4O26. The third kappa shape index (κ3) is 18.1. The predicted molar refractivity (Wildman–Crippen MR) is 223 cm³/mol. The molecule has 3 aliphatic heterocycles. The third-order valence-corrected chi connectivity index (χ3v) is 9.73. The summed E-state index contributed by atoms with van der Waals surface area (Å²) < 4.78 is 76.6. The lowest BCUT2D eigenvalue weighted by molar-refractivity contribution is -0.296. The molecular weight excluding hydrogens is 964 g/mol. The fourth-order valence-electron chi connectivity index (χ4n) is 7.48. The van der Waals surface area contributed by atoms with E-state index in [1.54, 1.807) is 0 Å². The Morgan fingerprint density at radius 2 is 0.634 bits per heavy atom. The Balaban J connectivity index is 1.97. The van der Waals surface area contributed by atoms with Gasteiger partial charge in [0.2, 0.25) is 0 Å². The molecule has 3 aliphatic rings. The Hall–Kier alpha value is -6.92. The minimum Gasteiger partial charge on any atom is -0.463 e. The van der Waals surface area contributed by atoms with Crippen molar-refractivity contribution < 1.29 is 124 Å². The predicted octanol–water partition coefficient (Wildman–Crippen LogP) is -2.65. The summed E-state index contributed by atoms with van der Waals surface area (Å²) in [6, 6.07) is -2.31. The number of amides is 4. The van der Waals surface area contributed by atoms with Crippen LogP contribution in [0.3, 0.4) is 0 Å². The second-order valence-corrected chi connectivity index (χ2v) is 15.6. The van der Waals surface area contributed by atoms with E-state index in [1.165, 1.54) is 7.11 Å². The zero-order chi connectivity index (χ0) is 53.4. The van der Waals surface area contributed by atoms with Gasteiger partial charge in [-0.05, 0) is 0 Å². The molecule has 0 aromatic rings. The summed E-state index contributed by atoms with van der Waals surface area (Å²) in [5.41, 5.74) is 0. The highest BCUT2D eigenvalue weighted by Crippen LogP contribution is 2.32. The fraction of sp³-hybridized carbons (Fsp3) is 0.707. The highest BCUT2D eigenvalue weighted by Gasteiger charge is 2.56. The van der Waals surface area contributed by atoms with Gasteiger partial charge < -0.3 is 87.6 Å². The average molecular weight is 1020 g/mol. The van der Waals surface area contributed by atoms with E-state index in [-0.39, 0.29) is 0 Å². The molecule has 3 saturated heterocycles. The van der Waals surface area contributed by atoms with Crippen molar-refractivity contribution in [2.75, 3.05) is 26.8 Å². The van der Waals surface area contributed by atoms with Gasteiger partial charge in [0.1, 0.15) is 24.9 Å². The molecule has 30 heteroatoms. The van der Waals surface area contributed by atoms with Crippen molar-refractivity contribution in [2.45, 2.75) is 161 Å². The van der Waals surface area contributed by atoms with Crippen molar-refractivity contribution in [1.29, 1.82) is 0 Å². The van der Waals surface area contributed by atoms with Crippen LogP contribution < -0.4 is 21.3 Å². The normalized spacial score (nSPS) is 29.9. The molecule has 0 aromatic heterocycles. The number of hydrogen-bond acceptors (Lipinski definition) is 26. The van der Waals surface area contributed by atoms with Crippen molar-refractivity contribution >= 4 is 71.8 Å². The zero-order valence-corrected chi connectivity index (χ0v) is 40.4. The largest absolute Gasteiger partial charge is 0.463 e. The maximum absolute atomic E-state index is 13.7. The number of carbonyl (C=O) groups is 12. The third-order valence-electron chi connectivity index (χ3n) is 9.73. The monoisotopic (exact) mass is 1020 g/mol. The first kappa shape index (κ1) is 58.4. The number of ether oxygens (including phenoxy) is 14. The van der Waals surface area contributed by atoms with Crippen LogP contribution in [0.1, 0.15) is 69.2 Å². The molecule has 0 aliphatic carbocycles. The summed E-state index contributed by atoms with van der Waals surface area (Å²) in [4.78, 5) is 150. The van der Waals surface area contributed by atoms with Crippen molar-refractivity contribution in [3.05, 3.63) is 0 Å². The Labute approximate surface area is 404 Å². The van der Waals surface area contributed by atoms with Gasteiger partial charge in [-0.25, -0.2) is 9.59 Å². The minimum absolute atomic E-state index is 0.576. The first-order valence-corrected chi connectivity index (χ1v) is 21.5. The topological polar surface area (TPSA) is 382 Å². The van der Waals surface area contributed by atoms with Crippen LogP contribution in [0.25, 0.3) is 0 Å². The SMILES string of the molecule is CO[C@H]1O[C@H](CNC(=O)N[C@@H]2O[C@H](CNC(=O)N[C@@H]3O[C@H](COC(C)=O)[C@@H](OC(C)=O)[C@H](OC(C)=O)[C@H]3OC(C)=O)[C@@H](OC(C)=O)[C@H](OC(C)=O)[C@H]2OC(C)=O)[C@@H](OC(C)=O)[C@H](OC(C)=O)[C@H]1OC(C)=O. The molecule has 0 aromatic carbocycles. The summed E-state index contributed by atoms with van der Waals surface area (Å²) in [6.45, 7) is 8.10. The molecule has 4 amide bonds. The van der Waals surface area contributed by atoms with Gasteiger partial charge in [0.05, 0.1) is 0 Å². The molecule has 0 saturated carbocycles. The molecule has 398 valence electrons. The summed E-state index contributed by atoms with van der Waals surface area (Å²) >= 11 is 0. The molecule has 4 N–H and O–H groups in total. The van der Waals surface area contributed by atoms with Gasteiger partial charge in [-0.3, -0.25) is 47.9 Å². The van der Waals surface area contributed by atoms with Crippen molar-refractivity contribution in [3.63, 3.8) is 0 Å². The highest BCUT2D eigenvalue weighted by atomic mass is 16.7. The Kier molecular flexibility index (Phi) is 22.1. The fourth-order valence-corrected chi connectivity index (χ4v) is 7.48. The van der Waals surface area contributed by atoms with E-state index in [4.69, 9.17) is 66.3 Å². The smallest absolute Gasteiger partial charge is 0.317 e. The van der Waals surface area contributed by atoms with Crippen LogP contribution in [0.2, 0.25) is 0 Å². The molecule has 0 radical (unpaired) electrons. The van der Waals surface area contributed by atoms with E-state index in [0.717, 1.165) is 69.2 Å². The molecule has 15 atom stereocenters. The first-order valence-electron chi connectivity index (χ1n) is 21.5. The van der Waals surface area contributed by atoms with Gasteiger partial charge >= 0.3 is 71.8 Å². The Morgan fingerprint density at radius 1 is 0.352 bits per heavy atom. The first-order chi connectivity index (χ1) is 33.2. The highest BCUT2D eigenvalue weighted by molar-refractivity contribution is 5.76. The van der Waals surface area contributed by atoms with Crippen LogP contribution in [-0.2, 0) is 114 Å². The molecule has 3 rings (SSSR count). The quantitative estimate of drug-likeness (QED) is 0.0805. The van der Waals surface area contributed by atoms with Gasteiger partial charge in [-0.2, -0.15) is 0 Å². The van der Waals surface area contributed by atoms with E-state index in [9.17, 15) is 57.5 Å². The number of urea groups is 2. The van der Waals surface area contributed by atoms with E-state index in [2.05, 4.69) is 21.3 Å². The van der Waals surface area contributed by atoms with Crippen molar-refractivity contribution in [2.24, 2.45) is 0 Å². The van der Waals surface area contributed by atoms with Crippen LogP contribution in [-0.4, -0.2) is 191 Å². The maximum Gasteiger partial charge on any atom is 0.317 e. The van der Waals surface area contributed by atoms with Crippen LogP contribution in [0.15, 0.2) is 0 Å². The van der Waals surface area contributed by atoms with E-state index in [0.29, 0.717) is 0 Å². The molecule has 0 bridgehead atoms. The molecule has 3 fully saturated rings. The van der Waals surface area contributed by atoms with Crippen molar-refractivity contribution in [3.8, 4) is 0 Å². The zero-order valence-electron chi connectivity index (χ0n) is 40.4.